The molecular formula is C85H70. The third-order valence-electron chi connectivity index (χ3n) is 20.6. The molecule has 0 saturated heterocycles. The van der Waals surface area contributed by atoms with E-state index in [0.29, 0.717) is 0 Å². The minimum absolute atomic E-state index is 0.0807. The molecule has 0 spiro atoms. The normalized spacial score (nSPS) is 14.6. The lowest BCUT2D eigenvalue weighted by Gasteiger charge is -2.24. The molecule has 0 aliphatic heterocycles. The molecule has 0 nitrogen and oxygen atoms in total. The van der Waals surface area contributed by atoms with Crippen LogP contribution in [0.25, 0.3) is 132 Å². The summed E-state index contributed by atoms with van der Waals surface area (Å²) in [6, 6.07) is 91.3. The molecule has 0 heteroatoms. The van der Waals surface area contributed by atoms with Gasteiger partial charge in [0.2, 0.25) is 0 Å². The fourth-order valence-electron chi connectivity index (χ4n) is 16.1. The molecule has 13 aromatic rings. The van der Waals surface area contributed by atoms with Crippen molar-refractivity contribution in [3.63, 3.8) is 0 Å². The van der Waals surface area contributed by atoms with Crippen molar-refractivity contribution < 1.29 is 0 Å². The van der Waals surface area contributed by atoms with E-state index in [2.05, 4.69) is 285 Å². The molecule has 0 bridgehead atoms. The second kappa shape index (κ2) is 19.2. The van der Waals surface area contributed by atoms with Gasteiger partial charge in [-0.15, -0.1) is 0 Å². The maximum atomic E-state index is 2.52. The molecule has 0 amide bonds. The van der Waals surface area contributed by atoms with Crippen LogP contribution in [0.15, 0.2) is 237 Å². The van der Waals surface area contributed by atoms with E-state index < -0.39 is 0 Å². The van der Waals surface area contributed by atoms with Crippen LogP contribution < -0.4 is 0 Å². The average molecular weight is 1090 g/mol. The van der Waals surface area contributed by atoms with Crippen molar-refractivity contribution in [3.05, 3.63) is 276 Å². The quantitative estimate of drug-likeness (QED) is 0.0946. The van der Waals surface area contributed by atoms with E-state index in [1.54, 1.807) is 0 Å². The van der Waals surface area contributed by atoms with Crippen molar-refractivity contribution in [2.75, 3.05) is 0 Å². The molecule has 0 fully saturated rings. The molecule has 0 heterocycles. The van der Waals surface area contributed by atoms with E-state index in [4.69, 9.17) is 0 Å². The molecule has 0 unspecified atom stereocenters. The first-order valence-corrected chi connectivity index (χ1v) is 31.2. The smallest absolute Gasteiger partial charge is 0.0159 e. The molecule has 0 aromatic heterocycles. The number of hydrogen-bond donors (Lipinski definition) is 0. The van der Waals surface area contributed by atoms with E-state index in [9.17, 15) is 0 Å². The zero-order valence-corrected chi connectivity index (χ0v) is 50.1. The highest BCUT2D eigenvalue weighted by Gasteiger charge is 2.39. The van der Waals surface area contributed by atoms with Crippen LogP contribution in [0.4, 0.5) is 0 Å². The maximum Gasteiger partial charge on any atom is 0.0159 e. The van der Waals surface area contributed by atoms with Crippen LogP contribution in [0.1, 0.15) is 113 Å². The summed E-state index contributed by atoms with van der Waals surface area (Å²) < 4.78 is 0. The van der Waals surface area contributed by atoms with Gasteiger partial charge in [0, 0.05) is 16.2 Å². The summed E-state index contributed by atoms with van der Waals surface area (Å²) in [5.41, 5.74) is 30.2. The Balaban J connectivity index is 0.735. The van der Waals surface area contributed by atoms with Crippen molar-refractivity contribution in [2.24, 2.45) is 0 Å². The number of benzene rings is 13. The predicted molar refractivity (Wildman–Crippen MR) is 364 cm³/mol. The van der Waals surface area contributed by atoms with Crippen molar-refractivity contribution in [3.8, 4) is 89.0 Å². The Morgan fingerprint density at radius 2 is 0.506 bits per heavy atom. The monoisotopic (exact) mass is 1090 g/mol. The molecule has 85 heavy (non-hydrogen) atoms. The SMILES string of the molecule is CCCCCCc1ccc(-c2c3ccccc3c(-c3ccc4c(c3)C(C)(C)c3cc(-c5ccc6c(c5)C(C)(C)c5cc(-c7c8ccccc8c(-c8ccc9c(c8)C(C)(C)c8ccccc8-9)c8ccccc78)ccc5-6)ccc3-4)c3ccccc23)cc1. The van der Waals surface area contributed by atoms with E-state index in [1.807, 2.05) is 0 Å². The first kappa shape index (κ1) is 51.5. The highest BCUT2D eigenvalue weighted by molar-refractivity contribution is 6.23. The van der Waals surface area contributed by atoms with Crippen LogP contribution >= 0.6 is 0 Å². The Kier molecular flexibility index (Phi) is 11.6. The summed E-state index contributed by atoms with van der Waals surface area (Å²) in [6.45, 7) is 16.8. The second-order valence-electron chi connectivity index (χ2n) is 26.4. The maximum absolute atomic E-state index is 2.52. The molecule has 0 N–H and O–H groups in total. The Morgan fingerprint density at radius 1 is 0.235 bits per heavy atom. The average Bonchev–Trinajstić information content (AvgIpc) is 1.86. The van der Waals surface area contributed by atoms with Gasteiger partial charge < -0.3 is 0 Å². The summed E-state index contributed by atoms with van der Waals surface area (Å²) in [5.74, 6) is 0. The van der Waals surface area contributed by atoms with Gasteiger partial charge in [-0.1, -0.05) is 274 Å². The number of aryl methyl sites for hydroxylation is 1. The van der Waals surface area contributed by atoms with Gasteiger partial charge in [-0.05, 0) is 214 Å². The van der Waals surface area contributed by atoms with E-state index in [-0.39, 0.29) is 16.2 Å². The Hall–Kier alpha value is -9.10. The molecule has 3 aliphatic rings. The van der Waals surface area contributed by atoms with Crippen LogP contribution in [0.3, 0.4) is 0 Å². The fourth-order valence-corrected chi connectivity index (χ4v) is 16.1. The minimum Gasteiger partial charge on any atom is -0.0654 e. The number of fused-ring (bicyclic) bond motifs is 13. The van der Waals surface area contributed by atoms with Crippen molar-refractivity contribution in [1.29, 1.82) is 0 Å². The third-order valence-corrected chi connectivity index (χ3v) is 20.6. The molecular weight excluding hydrogens is 1020 g/mol. The second-order valence-corrected chi connectivity index (χ2v) is 26.4. The van der Waals surface area contributed by atoms with E-state index >= 15 is 0 Å². The van der Waals surface area contributed by atoms with Gasteiger partial charge in [0.25, 0.3) is 0 Å². The predicted octanol–water partition coefficient (Wildman–Crippen LogP) is 23.7. The van der Waals surface area contributed by atoms with Crippen molar-refractivity contribution in [1.82, 2.24) is 0 Å². The highest BCUT2D eigenvalue weighted by atomic mass is 14.4. The van der Waals surface area contributed by atoms with Crippen molar-refractivity contribution >= 4 is 43.1 Å². The Labute approximate surface area is 501 Å². The third kappa shape index (κ3) is 7.73. The minimum atomic E-state index is -0.218. The van der Waals surface area contributed by atoms with Gasteiger partial charge in [-0.3, -0.25) is 0 Å². The Bertz CT molecular complexity index is 4820. The van der Waals surface area contributed by atoms with Gasteiger partial charge in [0.1, 0.15) is 0 Å². The van der Waals surface area contributed by atoms with Gasteiger partial charge >= 0.3 is 0 Å². The van der Waals surface area contributed by atoms with E-state index in [1.165, 1.54) is 197 Å². The van der Waals surface area contributed by atoms with Crippen LogP contribution in [0, 0.1) is 0 Å². The summed E-state index contributed by atoms with van der Waals surface area (Å²) >= 11 is 0. The number of hydrogen-bond acceptors (Lipinski definition) is 0. The highest BCUT2D eigenvalue weighted by Crippen LogP contribution is 2.56. The first-order valence-electron chi connectivity index (χ1n) is 31.2. The number of rotatable bonds is 10. The summed E-state index contributed by atoms with van der Waals surface area (Å²) in [7, 11) is 0. The molecule has 16 rings (SSSR count). The van der Waals surface area contributed by atoms with E-state index in [0.717, 1.165) is 6.42 Å². The first-order chi connectivity index (χ1) is 41.4. The molecule has 0 atom stereocenters. The van der Waals surface area contributed by atoms with Crippen LogP contribution in [-0.2, 0) is 22.7 Å². The van der Waals surface area contributed by atoms with Crippen LogP contribution in [0.5, 0.6) is 0 Å². The van der Waals surface area contributed by atoms with Crippen LogP contribution in [0.2, 0.25) is 0 Å². The summed E-state index contributed by atoms with van der Waals surface area (Å²) in [5, 5.41) is 10.3. The standard InChI is InChI=1S/C85H70/c1-8-9-10-11-22-52-33-35-53(36-34-52)79-65-24-12-14-26-67(65)80(68-27-15-13-25-66(68)79)57-40-45-63-61-42-37-54(47-74(61)84(4,5)77(63)50-57)55-38-43-62-64-46-41-58(51-78(64)85(6,7)75(62)48-55)82-71-30-18-16-28-69(71)81(70-29-17-19-31-72(70)82)56-39-44-60-59-23-20-21-32-73(59)83(2,3)76(60)49-56/h12-21,23-51H,8-11,22H2,1-7H3. The Morgan fingerprint density at radius 3 is 0.859 bits per heavy atom. The van der Waals surface area contributed by atoms with Gasteiger partial charge in [-0.25, -0.2) is 0 Å². The van der Waals surface area contributed by atoms with Gasteiger partial charge in [0.15, 0.2) is 0 Å². The van der Waals surface area contributed by atoms with Crippen molar-refractivity contribution in [2.45, 2.75) is 96.8 Å². The lowest BCUT2D eigenvalue weighted by Crippen LogP contribution is -2.15. The molecule has 13 aromatic carbocycles. The van der Waals surface area contributed by atoms with Crippen LogP contribution in [-0.4, -0.2) is 0 Å². The fraction of sp³-hybridized carbons (Fsp3) is 0.176. The molecule has 0 saturated carbocycles. The lowest BCUT2D eigenvalue weighted by molar-refractivity contribution is 0.660. The summed E-state index contributed by atoms with van der Waals surface area (Å²) in [4.78, 5) is 0. The molecule has 410 valence electrons. The largest absolute Gasteiger partial charge is 0.0654 e. The molecule has 0 radical (unpaired) electrons. The summed E-state index contributed by atoms with van der Waals surface area (Å²) in [6.07, 6.45) is 6.28. The van der Waals surface area contributed by atoms with Gasteiger partial charge in [-0.2, -0.15) is 0 Å². The zero-order chi connectivity index (χ0) is 57.5. The molecule has 3 aliphatic carbocycles. The topological polar surface area (TPSA) is 0 Å². The number of unbranched alkanes of at least 4 members (excludes halogenated alkanes) is 3. The van der Waals surface area contributed by atoms with Gasteiger partial charge in [0.05, 0.1) is 0 Å². The lowest BCUT2D eigenvalue weighted by atomic mass is 9.79. The zero-order valence-electron chi connectivity index (χ0n) is 50.1.